The van der Waals surface area contributed by atoms with Gasteiger partial charge in [0.15, 0.2) is 0 Å². The summed E-state index contributed by atoms with van der Waals surface area (Å²) < 4.78 is 0. The van der Waals surface area contributed by atoms with E-state index < -0.39 is 0 Å². The molecule has 0 saturated heterocycles. The first kappa shape index (κ1) is 16.5. The smallest absolute Gasteiger partial charge is 0.0990 e. The van der Waals surface area contributed by atoms with Crippen LogP contribution in [0.1, 0.15) is 84.5 Å². The van der Waals surface area contributed by atoms with Gasteiger partial charge in [0.2, 0.25) is 0 Å². The molecule has 2 heteroatoms. The van der Waals surface area contributed by atoms with Gasteiger partial charge in [-0.3, -0.25) is 4.99 Å². The summed E-state index contributed by atoms with van der Waals surface area (Å²) in [6.45, 7) is 7.84. The van der Waals surface area contributed by atoms with Gasteiger partial charge in [0.05, 0.1) is 12.4 Å². The van der Waals surface area contributed by atoms with E-state index in [0.717, 1.165) is 19.6 Å². The number of hydrogen-bond donors (Lipinski definition) is 0. The monoisotopic (exact) mass is 266 g/mol. The van der Waals surface area contributed by atoms with Crippen LogP contribution in [0, 0.1) is 0 Å². The van der Waals surface area contributed by atoms with Crippen molar-refractivity contribution in [2.24, 2.45) is 4.99 Å². The number of rotatable bonds is 12. The Morgan fingerprint density at radius 1 is 0.842 bits per heavy atom. The van der Waals surface area contributed by atoms with Gasteiger partial charge < -0.3 is 4.90 Å². The molecule has 2 nitrogen and oxygen atoms in total. The second kappa shape index (κ2) is 11.3. The number of likely N-dealkylation sites (N-methyl/N-ethyl adjacent to an activating group) is 1. The van der Waals surface area contributed by atoms with Gasteiger partial charge in [-0.05, 0) is 13.3 Å². The highest BCUT2D eigenvalue weighted by molar-refractivity contribution is 5.83. The van der Waals surface area contributed by atoms with Crippen molar-refractivity contribution in [1.29, 1.82) is 0 Å². The fourth-order valence-electron chi connectivity index (χ4n) is 2.88. The molecular weight excluding hydrogens is 232 g/mol. The summed E-state index contributed by atoms with van der Waals surface area (Å²) in [5, 5.41) is 0. The van der Waals surface area contributed by atoms with Crippen molar-refractivity contribution in [2.45, 2.75) is 84.5 Å². The molecule has 1 rings (SSSR count). The first-order valence-electron chi connectivity index (χ1n) is 8.66. The normalized spacial score (nSPS) is 15.1. The van der Waals surface area contributed by atoms with Crippen LogP contribution < -0.4 is 0 Å². The van der Waals surface area contributed by atoms with E-state index in [1.54, 1.807) is 0 Å². The highest BCUT2D eigenvalue weighted by atomic mass is 15.2. The Balaban J connectivity index is 1.84. The summed E-state index contributed by atoms with van der Waals surface area (Å²) in [4.78, 5) is 7.04. The van der Waals surface area contributed by atoms with Gasteiger partial charge in [0.1, 0.15) is 0 Å². The van der Waals surface area contributed by atoms with Gasteiger partial charge in [-0.25, -0.2) is 0 Å². The van der Waals surface area contributed by atoms with Crippen molar-refractivity contribution >= 4 is 5.84 Å². The van der Waals surface area contributed by atoms with Crippen LogP contribution in [0.25, 0.3) is 0 Å². The molecule has 1 aliphatic rings. The zero-order valence-electron chi connectivity index (χ0n) is 13.3. The zero-order chi connectivity index (χ0) is 13.8. The summed E-state index contributed by atoms with van der Waals surface area (Å²) in [6, 6.07) is 0. The maximum Gasteiger partial charge on any atom is 0.0990 e. The number of unbranched alkanes of at least 4 members (excludes halogenated alkanes) is 9. The number of aliphatic imine (C=N–C) groups is 1. The van der Waals surface area contributed by atoms with Crippen LogP contribution in [0.4, 0.5) is 0 Å². The standard InChI is InChI=1S/C17H34N2/c1-3-5-6-7-8-9-10-11-12-13-14-17-18-15-16-19(17)4-2/h3-16H2,1-2H3. The summed E-state index contributed by atoms with van der Waals surface area (Å²) in [5.74, 6) is 1.38. The van der Waals surface area contributed by atoms with E-state index in [1.165, 1.54) is 76.5 Å². The molecule has 0 aromatic carbocycles. The van der Waals surface area contributed by atoms with E-state index in [0.29, 0.717) is 0 Å². The molecule has 0 aromatic rings. The summed E-state index contributed by atoms with van der Waals surface area (Å²) >= 11 is 0. The zero-order valence-corrected chi connectivity index (χ0v) is 13.3. The highest BCUT2D eigenvalue weighted by Crippen LogP contribution is 2.13. The Kier molecular flexibility index (Phi) is 9.84. The fourth-order valence-corrected chi connectivity index (χ4v) is 2.88. The molecule has 1 aliphatic heterocycles. The fraction of sp³-hybridized carbons (Fsp3) is 0.941. The van der Waals surface area contributed by atoms with Gasteiger partial charge in [-0.1, -0.05) is 64.7 Å². The summed E-state index contributed by atoms with van der Waals surface area (Å²) in [7, 11) is 0. The van der Waals surface area contributed by atoms with Crippen molar-refractivity contribution < 1.29 is 0 Å². The third kappa shape index (κ3) is 7.59. The predicted octanol–water partition coefficient (Wildman–Crippen LogP) is 5.03. The topological polar surface area (TPSA) is 15.6 Å². The molecular formula is C17H34N2. The van der Waals surface area contributed by atoms with Crippen LogP contribution in [0.15, 0.2) is 4.99 Å². The highest BCUT2D eigenvalue weighted by Gasteiger charge is 2.13. The molecule has 0 atom stereocenters. The lowest BCUT2D eigenvalue weighted by molar-refractivity contribution is 0.469. The van der Waals surface area contributed by atoms with Gasteiger partial charge in [0.25, 0.3) is 0 Å². The second-order valence-electron chi connectivity index (χ2n) is 5.81. The molecule has 0 saturated carbocycles. The molecule has 0 radical (unpaired) electrons. The Morgan fingerprint density at radius 2 is 1.42 bits per heavy atom. The molecule has 0 unspecified atom stereocenters. The van der Waals surface area contributed by atoms with Gasteiger partial charge in [-0.15, -0.1) is 0 Å². The molecule has 1 heterocycles. The number of amidine groups is 1. The maximum atomic E-state index is 4.61. The minimum absolute atomic E-state index is 1.03. The van der Waals surface area contributed by atoms with Crippen molar-refractivity contribution in [3.63, 3.8) is 0 Å². The van der Waals surface area contributed by atoms with Crippen LogP contribution in [0.3, 0.4) is 0 Å². The number of hydrogen-bond acceptors (Lipinski definition) is 2. The van der Waals surface area contributed by atoms with E-state index in [-0.39, 0.29) is 0 Å². The maximum absolute atomic E-state index is 4.61. The number of nitrogens with zero attached hydrogens (tertiary/aromatic N) is 2. The molecule has 0 spiro atoms. The van der Waals surface area contributed by atoms with Crippen LogP contribution in [-0.4, -0.2) is 30.4 Å². The largest absolute Gasteiger partial charge is 0.359 e. The van der Waals surface area contributed by atoms with Crippen molar-refractivity contribution in [2.75, 3.05) is 19.6 Å². The minimum atomic E-state index is 1.03. The molecule has 112 valence electrons. The third-order valence-corrected chi connectivity index (χ3v) is 4.16. The average Bonchev–Trinajstić information content (AvgIpc) is 2.88. The van der Waals surface area contributed by atoms with Gasteiger partial charge in [0, 0.05) is 19.5 Å². The first-order valence-corrected chi connectivity index (χ1v) is 8.66. The van der Waals surface area contributed by atoms with E-state index in [1.807, 2.05) is 0 Å². The Bertz CT molecular complexity index is 235. The lowest BCUT2D eigenvalue weighted by atomic mass is 10.1. The van der Waals surface area contributed by atoms with Crippen molar-refractivity contribution in [3.05, 3.63) is 0 Å². The lowest BCUT2D eigenvalue weighted by Gasteiger charge is -2.17. The minimum Gasteiger partial charge on any atom is -0.359 e. The van der Waals surface area contributed by atoms with Crippen LogP contribution in [-0.2, 0) is 0 Å². The van der Waals surface area contributed by atoms with Gasteiger partial charge >= 0.3 is 0 Å². The van der Waals surface area contributed by atoms with E-state index in [9.17, 15) is 0 Å². The van der Waals surface area contributed by atoms with Crippen molar-refractivity contribution in [3.8, 4) is 0 Å². The first-order chi connectivity index (χ1) is 9.38. The van der Waals surface area contributed by atoms with Crippen LogP contribution in [0.2, 0.25) is 0 Å². The van der Waals surface area contributed by atoms with E-state index in [4.69, 9.17) is 0 Å². The lowest BCUT2D eigenvalue weighted by Crippen LogP contribution is -2.27. The van der Waals surface area contributed by atoms with E-state index >= 15 is 0 Å². The molecule has 0 aliphatic carbocycles. The summed E-state index contributed by atoms with van der Waals surface area (Å²) in [5.41, 5.74) is 0. The average molecular weight is 266 g/mol. The van der Waals surface area contributed by atoms with Crippen LogP contribution >= 0.6 is 0 Å². The third-order valence-electron chi connectivity index (χ3n) is 4.16. The van der Waals surface area contributed by atoms with E-state index in [2.05, 4.69) is 23.7 Å². The molecule has 0 aromatic heterocycles. The Morgan fingerprint density at radius 3 is 2.00 bits per heavy atom. The molecule has 0 N–H and O–H groups in total. The van der Waals surface area contributed by atoms with Crippen LogP contribution in [0.5, 0.6) is 0 Å². The Labute approximate surface area is 120 Å². The Hall–Kier alpha value is -0.530. The predicted molar refractivity (Wildman–Crippen MR) is 86.0 cm³/mol. The quantitative estimate of drug-likeness (QED) is 0.452. The van der Waals surface area contributed by atoms with Crippen molar-refractivity contribution in [1.82, 2.24) is 4.90 Å². The SMILES string of the molecule is CCCCCCCCCCCCC1=NCCN1CC. The summed E-state index contributed by atoms with van der Waals surface area (Å²) in [6.07, 6.45) is 15.4. The molecule has 0 amide bonds. The molecule has 19 heavy (non-hydrogen) atoms. The molecule has 0 bridgehead atoms. The second-order valence-corrected chi connectivity index (χ2v) is 5.81. The van der Waals surface area contributed by atoms with Gasteiger partial charge in [-0.2, -0.15) is 0 Å². The molecule has 0 fully saturated rings.